The van der Waals surface area contributed by atoms with Crippen LogP contribution < -0.4 is 0 Å². The maximum absolute atomic E-state index is 12.0. The third-order valence-electron chi connectivity index (χ3n) is 3.97. The first-order valence-electron chi connectivity index (χ1n) is 9.25. The molecule has 8 heteroatoms. The molecule has 0 amide bonds. The minimum Gasteiger partial charge on any atom is -0.469 e. The van der Waals surface area contributed by atoms with Crippen LogP contribution in [0.1, 0.15) is 18.4 Å². The maximum atomic E-state index is 12.0. The second-order valence-electron chi connectivity index (χ2n) is 6.13. The number of thioether (sulfide) groups is 1. The average Bonchev–Trinajstić information content (AvgIpc) is 2.78. The van der Waals surface area contributed by atoms with Crippen LogP contribution >= 0.6 is 23.5 Å². The lowest BCUT2D eigenvalue weighted by Gasteiger charge is -2.12. The van der Waals surface area contributed by atoms with Crippen molar-refractivity contribution in [2.75, 3.05) is 20.0 Å². The number of esters is 3. The molecule has 1 unspecified atom stereocenters. The van der Waals surface area contributed by atoms with Crippen LogP contribution in [-0.4, -0.2) is 43.1 Å². The van der Waals surface area contributed by atoms with Crippen LogP contribution in [0, 0.1) is 0 Å². The Bertz CT molecular complexity index is 823. The third-order valence-corrected chi connectivity index (χ3v) is 6.19. The topological polar surface area (TPSA) is 78.9 Å². The van der Waals surface area contributed by atoms with Gasteiger partial charge in [-0.3, -0.25) is 14.4 Å². The van der Waals surface area contributed by atoms with Crippen molar-refractivity contribution in [3.8, 4) is 0 Å². The smallest absolute Gasteiger partial charge is 0.319 e. The number of methoxy groups -OCH3 is 2. The van der Waals surface area contributed by atoms with Gasteiger partial charge in [0.1, 0.15) is 11.9 Å². The Labute approximate surface area is 184 Å². The van der Waals surface area contributed by atoms with Crippen molar-refractivity contribution in [1.29, 1.82) is 0 Å². The van der Waals surface area contributed by atoms with E-state index in [2.05, 4.69) is 9.47 Å². The molecule has 30 heavy (non-hydrogen) atoms. The zero-order valence-corrected chi connectivity index (χ0v) is 18.5. The largest absolute Gasteiger partial charge is 0.469 e. The monoisotopic (exact) mass is 448 g/mol. The van der Waals surface area contributed by atoms with Gasteiger partial charge in [0.15, 0.2) is 0 Å². The van der Waals surface area contributed by atoms with Crippen molar-refractivity contribution in [1.82, 2.24) is 0 Å². The molecule has 6 nitrogen and oxygen atoms in total. The molecule has 0 aliphatic heterocycles. The van der Waals surface area contributed by atoms with Gasteiger partial charge >= 0.3 is 17.9 Å². The number of ether oxygens (including phenoxy) is 3. The van der Waals surface area contributed by atoms with Gasteiger partial charge in [0, 0.05) is 15.5 Å². The van der Waals surface area contributed by atoms with Gasteiger partial charge in [-0.05, 0) is 29.8 Å². The standard InChI is InChI=1S/C22H24O6S2/c1-26-21(24)14-19(22(25)27-2)29-13-12-20(23)28-15-16-8-10-18(11-9-16)30-17-6-4-3-5-7-17/h3-11,19H,12-15H2,1-2H3. The zero-order chi connectivity index (χ0) is 21.8. The van der Waals surface area contributed by atoms with E-state index in [1.165, 1.54) is 26.0 Å². The predicted molar refractivity (Wildman–Crippen MR) is 116 cm³/mol. The van der Waals surface area contributed by atoms with E-state index < -0.39 is 17.2 Å². The molecule has 0 radical (unpaired) electrons. The first-order valence-corrected chi connectivity index (χ1v) is 11.1. The Morgan fingerprint density at radius 3 is 2.17 bits per heavy atom. The highest BCUT2D eigenvalue weighted by Gasteiger charge is 2.24. The molecule has 2 rings (SSSR count). The van der Waals surface area contributed by atoms with E-state index in [1.54, 1.807) is 11.8 Å². The number of carbonyl (C=O) groups excluding carboxylic acids is 3. The summed E-state index contributed by atoms with van der Waals surface area (Å²) < 4.78 is 14.6. The fourth-order valence-electron chi connectivity index (χ4n) is 2.38. The highest BCUT2D eigenvalue weighted by molar-refractivity contribution is 8.00. The SMILES string of the molecule is COC(=O)CC(SCCC(=O)OCc1ccc(Sc2ccccc2)cc1)C(=O)OC. The average molecular weight is 449 g/mol. The molecule has 0 aromatic heterocycles. The van der Waals surface area contributed by atoms with Gasteiger partial charge in [0.2, 0.25) is 0 Å². The molecule has 0 bridgehead atoms. The van der Waals surface area contributed by atoms with Crippen LogP contribution in [-0.2, 0) is 35.2 Å². The molecule has 2 aromatic carbocycles. The first kappa shape index (κ1) is 23.8. The lowest BCUT2D eigenvalue weighted by Crippen LogP contribution is -2.24. The van der Waals surface area contributed by atoms with Gasteiger partial charge < -0.3 is 14.2 Å². The second-order valence-corrected chi connectivity index (χ2v) is 8.59. The number of hydrogen-bond acceptors (Lipinski definition) is 8. The molecule has 0 fully saturated rings. The molecule has 160 valence electrons. The first-order chi connectivity index (χ1) is 14.5. The van der Waals surface area contributed by atoms with E-state index >= 15 is 0 Å². The van der Waals surface area contributed by atoms with Gasteiger partial charge in [-0.25, -0.2) is 0 Å². The Kier molecular flexibility index (Phi) is 10.3. The second kappa shape index (κ2) is 13.0. The summed E-state index contributed by atoms with van der Waals surface area (Å²) in [4.78, 5) is 37.4. The predicted octanol–water partition coefficient (Wildman–Crippen LogP) is 4.11. The van der Waals surface area contributed by atoms with Crippen molar-refractivity contribution in [3.63, 3.8) is 0 Å². The van der Waals surface area contributed by atoms with E-state index in [0.717, 1.165) is 15.4 Å². The van der Waals surface area contributed by atoms with E-state index in [9.17, 15) is 14.4 Å². The number of benzene rings is 2. The number of hydrogen-bond donors (Lipinski definition) is 0. The minimum atomic E-state index is -0.704. The van der Waals surface area contributed by atoms with Crippen molar-refractivity contribution in [2.24, 2.45) is 0 Å². The van der Waals surface area contributed by atoms with Crippen LogP contribution in [0.15, 0.2) is 64.4 Å². The number of carbonyl (C=O) groups is 3. The van der Waals surface area contributed by atoms with Crippen LogP contribution in [0.5, 0.6) is 0 Å². The summed E-state index contributed by atoms with van der Waals surface area (Å²) in [6, 6.07) is 17.9. The van der Waals surface area contributed by atoms with Gasteiger partial charge in [0.25, 0.3) is 0 Å². The Morgan fingerprint density at radius 1 is 0.867 bits per heavy atom. The van der Waals surface area contributed by atoms with Crippen LogP contribution in [0.3, 0.4) is 0 Å². The lowest BCUT2D eigenvalue weighted by atomic mass is 10.2. The molecular formula is C22H24O6S2. The maximum Gasteiger partial charge on any atom is 0.319 e. The third kappa shape index (κ3) is 8.51. The minimum absolute atomic E-state index is 0.101. The van der Waals surface area contributed by atoms with Gasteiger partial charge in [-0.1, -0.05) is 42.1 Å². The Hall–Kier alpha value is -2.45. The summed E-state index contributed by atoms with van der Waals surface area (Å²) >= 11 is 2.83. The number of rotatable bonds is 11. The molecule has 0 spiro atoms. The highest BCUT2D eigenvalue weighted by Crippen LogP contribution is 2.27. The van der Waals surface area contributed by atoms with E-state index in [0.29, 0.717) is 5.75 Å². The van der Waals surface area contributed by atoms with Crippen molar-refractivity contribution in [2.45, 2.75) is 34.5 Å². The fraction of sp³-hybridized carbons (Fsp3) is 0.318. The normalized spacial score (nSPS) is 11.4. The fourth-order valence-corrected chi connectivity index (χ4v) is 4.27. The molecule has 0 aliphatic carbocycles. The van der Waals surface area contributed by atoms with Gasteiger partial charge in [-0.15, -0.1) is 11.8 Å². The van der Waals surface area contributed by atoms with E-state index in [4.69, 9.17) is 4.74 Å². The summed E-state index contributed by atoms with van der Waals surface area (Å²) in [5.41, 5.74) is 0.895. The Balaban J connectivity index is 1.73. The summed E-state index contributed by atoms with van der Waals surface area (Å²) in [5.74, 6) is -1.06. The van der Waals surface area contributed by atoms with Crippen LogP contribution in [0.4, 0.5) is 0 Å². The van der Waals surface area contributed by atoms with E-state index in [1.807, 2.05) is 54.6 Å². The molecule has 2 aromatic rings. The molecule has 0 aliphatic rings. The molecular weight excluding hydrogens is 424 g/mol. The van der Waals surface area contributed by atoms with Crippen molar-refractivity contribution < 1.29 is 28.6 Å². The van der Waals surface area contributed by atoms with Crippen molar-refractivity contribution in [3.05, 3.63) is 60.2 Å². The van der Waals surface area contributed by atoms with E-state index in [-0.39, 0.29) is 25.4 Å². The van der Waals surface area contributed by atoms with Crippen LogP contribution in [0.25, 0.3) is 0 Å². The molecule has 0 N–H and O–H groups in total. The van der Waals surface area contributed by atoms with Gasteiger partial charge in [0.05, 0.1) is 27.1 Å². The summed E-state index contributed by atoms with van der Waals surface area (Å²) in [6.07, 6.45) is 0.0253. The highest BCUT2D eigenvalue weighted by atomic mass is 32.2. The Morgan fingerprint density at radius 2 is 1.53 bits per heavy atom. The molecule has 0 heterocycles. The summed E-state index contributed by atoms with van der Waals surface area (Å²) in [6.45, 7) is 0.183. The van der Waals surface area contributed by atoms with Crippen LogP contribution in [0.2, 0.25) is 0 Å². The lowest BCUT2D eigenvalue weighted by molar-refractivity contribution is -0.146. The molecule has 1 atom stereocenters. The summed E-state index contributed by atoms with van der Waals surface area (Å²) in [7, 11) is 2.51. The van der Waals surface area contributed by atoms with Crippen molar-refractivity contribution >= 4 is 41.4 Å². The quantitative estimate of drug-likeness (QED) is 0.375. The molecule has 0 saturated heterocycles. The zero-order valence-electron chi connectivity index (χ0n) is 16.9. The molecule has 0 saturated carbocycles. The summed E-state index contributed by atoms with van der Waals surface area (Å²) in [5, 5.41) is -0.704. The van der Waals surface area contributed by atoms with Gasteiger partial charge in [-0.2, -0.15) is 0 Å².